The molecule has 0 bridgehead atoms. The molecular weight excluding hydrogens is 395 g/mol. The van der Waals surface area contributed by atoms with Crippen molar-refractivity contribution < 1.29 is 26.4 Å². The third kappa shape index (κ3) is 6.15. The second-order valence-electron chi connectivity index (χ2n) is 6.04. The highest BCUT2D eigenvalue weighted by atomic mass is 32.2. The number of nitrogens with one attached hydrogen (secondary N) is 3. The fraction of sp³-hybridized carbons (Fsp3) is 0.278. The number of hydrogen-bond donors (Lipinski definition) is 3. The molecule has 152 valence electrons. The summed E-state index contributed by atoms with van der Waals surface area (Å²) in [4.78, 5) is 12.0. The molecule has 0 saturated heterocycles. The van der Waals surface area contributed by atoms with Crippen LogP contribution in [0.25, 0.3) is 0 Å². The van der Waals surface area contributed by atoms with Gasteiger partial charge in [-0.3, -0.25) is 4.72 Å². The molecule has 2 aromatic rings. The number of halogens is 3. The van der Waals surface area contributed by atoms with Crippen LogP contribution in [0.2, 0.25) is 0 Å². The molecule has 0 saturated carbocycles. The van der Waals surface area contributed by atoms with E-state index in [2.05, 4.69) is 15.4 Å². The number of benzene rings is 2. The normalized spacial score (nSPS) is 11.8. The summed E-state index contributed by atoms with van der Waals surface area (Å²) in [6, 6.07) is 8.71. The van der Waals surface area contributed by atoms with Gasteiger partial charge in [-0.1, -0.05) is 12.1 Å². The van der Waals surface area contributed by atoms with E-state index in [0.717, 1.165) is 12.1 Å². The van der Waals surface area contributed by atoms with Crippen LogP contribution < -0.4 is 15.4 Å². The molecule has 0 fully saturated rings. The van der Waals surface area contributed by atoms with Crippen molar-refractivity contribution in [3.05, 3.63) is 59.2 Å². The van der Waals surface area contributed by atoms with Crippen LogP contribution in [0, 0.1) is 6.92 Å². The summed E-state index contributed by atoms with van der Waals surface area (Å²) in [7, 11) is -3.41. The zero-order valence-corrected chi connectivity index (χ0v) is 16.0. The lowest BCUT2D eigenvalue weighted by Crippen LogP contribution is -2.28. The monoisotopic (exact) mass is 415 g/mol. The molecular formula is C18H20F3N3O3S. The second kappa shape index (κ2) is 8.51. The number of carbonyl (C=O) groups is 1. The molecule has 0 heterocycles. The SMILES string of the molecule is CCS(=O)(=O)Nc1ccc(NC(=O)NCc2cccc(C(F)(F)F)c2)cc1C. The van der Waals surface area contributed by atoms with E-state index in [1.54, 1.807) is 13.0 Å². The molecule has 6 nitrogen and oxygen atoms in total. The first-order valence-corrected chi connectivity index (χ1v) is 9.97. The van der Waals surface area contributed by atoms with Crippen molar-refractivity contribution in [2.45, 2.75) is 26.6 Å². The fourth-order valence-electron chi connectivity index (χ4n) is 2.31. The molecule has 2 amide bonds. The topological polar surface area (TPSA) is 87.3 Å². The average molecular weight is 415 g/mol. The summed E-state index contributed by atoms with van der Waals surface area (Å²) in [5.74, 6) is -0.0651. The van der Waals surface area contributed by atoms with Gasteiger partial charge in [-0.05, 0) is 55.3 Å². The van der Waals surface area contributed by atoms with Crippen molar-refractivity contribution in [1.29, 1.82) is 0 Å². The molecule has 0 radical (unpaired) electrons. The van der Waals surface area contributed by atoms with Crippen molar-refractivity contribution in [3.63, 3.8) is 0 Å². The standard InChI is InChI=1S/C18H20F3N3O3S/c1-3-28(26,27)24-16-8-7-15(9-12(16)2)23-17(25)22-11-13-5-4-6-14(10-13)18(19,20)21/h4-10,24H,3,11H2,1-2H3,(H2,22,23,25). The van der Waals surface area contributed by atoms with Crippen molar-refractivity contribution in [1.82, 2.24) is 5.32 Å². The Morgan fingerprint density at radius 1 is 1.11 bits per heavy atom. The van der Waals surface area contributed by atoms with Crippen molar-refractivity contribution >= 4 is 27.4 Å². The van der Waals surface area contributed by atoms with Gasteiger partial charge in [0.25, 0.3) is 0 Å². The van der Waals surface area contributed by atoms with Crippen molar-refractivity contribution in [2.75, 3.05) is 15.8 Å². The Hall–Kier alpha value is -2.75. The van der Waals surface area contributed by atoms with Gasteiger partial charge in [-0.25, -0.2) is 13.2 Å². The largest absolute Gasteiger partial charge is 0.416 e. The Bertz CT molecular complexity index is 960. The molecule has 2 rings (SSSR count). The molecule has 3 N–H and O–H groups in total. The summed E-state index contributed by atoms with van der Waals surface area (Å²) in [5.41, 5.74) is 0.946. The highest BCUT2D eigenvalue weighted by molar-refractivity contribution is 7.92. The molecule has 0 aliphatic carbocycles. The molecule has 10 heteroatoms. The number of amides is 2. The Morgan fingerprint density at radius 3 is 2.43 bits per heavy atom. The Labute approximate surface area is 161 Å². The Kier molecular flexibility index (Phi) is 6.55. The number of sulfonamides is 1. The summed E-state index contributed by atoms with van der Waals surface area (Å²) >= 11 is 0. The van der Waals surface area contributed by atoms with Gasteiger partial charge >= 0.3 is 12.2 Å². The lowest BCUT2D eigenvalue weighted by atomic mass is 10.1. The lowest BCUT2D eigenvalue weighted by Gasteiger charge is -2.13. The van der Waals surface area contributed by atoms with Crippen LogP contribution in [0.15, 0.2) is 42.5 Å². The van der Waals surface area contributed by atoms with E-state index in [9.17, 15) is 26.4 Å². The zero-order valence-electron chi connectivity index (χ0n) is 15.2. The summed E-state index contributed by atoms with van der Waals surface area (Å²) in [6.45, 7) is 3.12. The smallest absolute Gasteiger partial charge is 0.334 e. The predicted octanol–water partition coefficient (Wildman–Crippen LogP) is 4.10. The van der Waals surface area contributed by atoms with Crippen LogP contribution in [0.4, 0.5) is 29.3 Å². The van der Waals surface area contributed by atoms with Gasteiger partial charge < -0.3 is 10.6 Å². The van der Waals surface area contributed by atoms with Gasteiger partial charge in [0.2, 0.25) is 10.0 Å². The number of urea groups is 1. The molecule has 0 aromatic heterocycles. The minimum Gasteiger partial charge on any atom is -0.334 e. The van der Waals surface area contributed by atoms with E-state index < -0.39 is 27.8 Å². The first-order valence-electron chi connectivity index (χ1n) is 8.32. The zero-order chi connectivity index (χ0) is 20.9. The van der Waals surface area contributed by atoms with E-state index in [1.165, 1.54) is 31.2 Å². The molecule has 28 heavy (non-hydrogen) atoms. The number of carbonyl (C=O) groups excluding carboxylic acids is 1. The minimum absolute atomic E-state index is 0.0651. The highest BCUT2D eigenvalue weighted by Gasteiger charge is 2.30. The number of aryl methyl sites for hydroxylation is 1. The number of anilines is 2. The molecule has 0 atom stereocenters. The second-order valence-corrected chi connectivity index (χ2v) is 8.05. The van der Waals surface area contributed by atoms with Gasteiger partial charge in [0.05, 0.1) is 17.0 Å². The maximum atomic E-state index is 12.7. The quantitative estimate of drug-likeness (QED) is 0.664. The van der Waals surface area contributed by atoms with Crippen LogP contribution in [-0.4, -0.2) is 20.2 Å². The third-order valence-corrected chi connectivity index (χ3v) is 5.13. The van der Waals surface area contributed by atoms with E-state index >= 15 is 0 Å². The van der Waals surface area contributed by atoms with Gasteiger partial charge in [-0.15, -0.1) is 0 Å². The van der Waals surface area contributed by atoms with E-state index in [0.29, 0.717) is 22.5 Å². The first-order chi connectivity index (χ1) is 13.0. The van der Waals surface area contributed by atoms with Gasteiger partial charge in [0, 0.05) is 12.2 Å². The van der Waals surface area contributed by atoms with Crippen LogP contribution in [0.3, 0.4) is 0 Å². The van der Waals surface area contributed by atoms with Crippen LogP contribution in [0.5, 0.6) is 0 Å². The van der Waals surface area contributed by atoms with Gasteiger partial charge in [-0.2, -0.15) is 13.2 Å². The van der Waals surface area contributed by atoms with Crippen LogP contribution in [0.1, 0.15) is 23.6 Å². The number of hydrogen-bond acceptors (Lipinski definition) is 3. The summed E-state index contributed by atoms with van der Waals surface area (Å²) in [6.07, 6.45) is -4.45. The van der Waals surface area contributed by atoms with Gasteiger partial charge in [0.1, 0.15) is 0 Å². The summed E-state index contributed by atoms with van der Waals surface area (Å²) in [5, 5.41) is 5.03. The van der Waals surface area contributed by atoms with Crippen LogP contribution >= 0.6 is 0 Å². The fourth-order valence-corrected chi connectivity index (χ4v) is 3.02. The maximum Gasteiger partial charge on any atom is 0.416 e. The first kappa shape index (κ1) is 21.5. The van der Waals surface area contributed by atoms with Crippen LogP contribution in [-0.2, 0) is 22.7 Å². The molecule has 0 unspecified atom stereocenters. The number of rotatable bonds is 6. The average Bonchev–Trinajstić information content (AvgIpc) is 2.62. The van der Waals surface area contributed by atoms with Crippen molar-refractivity contribution in [2.24, 2.45) is 0 Å². The molecule has 2 aromatic carbocycles. The maximum absolute atomic E-state index is 12.7. The Balaban J connectivity index is 1.97. The predicted molar refractivity (Wildman–Crippen MR) is 102 cm³/mol. The summed E-state index contributed by atoms with van der Waals surface area (Å²) < 4.78 is 63.8. The third-order valence-electron chi connectivity index (χ3n) is 3.84. The molecule has 0 aliphatic rings. The molecule has 0 aliphatic heterocycles. The van der Waals surface area contributed by atoms with Crippen molar-refractivity contribution in [3.8, 4) is 0 Å². The lowest BCUT2D eigenvalue weighted by molar-refractivity contribution is -0.137. The Morgan fingerprint density at radius 2 is 1.82 bits per heavy atom. The van der Waals surface area contributed by atoms with E-state index in [4.69, 9.17) is 0 Å². The minimum atomic E-state index is -4.45. The van der Waals surface area contributed by atoms with E-state index in [-0.39, 0.29) is 12.3 Å². The highest BCUT2D eigenvalue weighted by Crippen LogP contribution is 2.29. The number of alkyl halides is 3. The van der Waals surface area contributed by atoms with Gasteiger partial charge in [0.15, 0.2) is 0 Å². The molecule has 0 spiro atoms. The van der Waals surface area contributed by atoms with E-state index in [1.807, 2.05) is 0 Å².